The quantitative estimate of drug-likeness (QED) is 0.899. The molecule has 5 nitrogen and oxygen atoms in total. The highest BCUT2D eigenvalue weighted by atomic mass is 32.1. The average Bonchev–Trinajstić information content (AvgIpc) is 2.99. The van der Waals surface area contributed by atoms with E-state index in [1.54, 1.807) is 11.3 Å². The van der Waals surface area contributed by atoms with Gasteiger partial charge in [-0.05, 0) is 24.3 Å². The van der Waals surface area contributed by atoms with Crippen molar-refractivity contribution >= 4 is 17.3 Å². The molecule has 0 radical (unpaired) electrons. The minimum absolute atomic E-state index is 0.124. The minimum atomic E-state index is -0.987. The van der Waals surface area contributed by atoms with Gasteiger partial charge in [-0.15, -0.1) is 11.3 Å². The molecular weight excluding hydrogens is 262 g/mol. The second-order valence-corrected chi connectivity index (χ2v) is 5.76. The first kappa shape index (κ1) is 12.4. The maximum Gasteiger partial charge on any atom is 0.356 e. The largest absolute Gasteiger partial charge is 0.476 e. The maximum absolute atomic E-state index is 11.3. The van der Waals surface area contributed by atoms with Gasteiger partial charge < -0.3 is 15.4 Å². The summed E-state index contributed by atoms with van der Waals surface area (Å²) in [6, 6.07) is 3.81. The Labute approximate surface area is 114 Å². The van der Waals surface area contributed by atoms with Gasteiger partial charge in [-0.25, -0.2) is 9.78 Å². The highest BCUT2D eigenvalue weighted by molar-refractivity contribution is 7.09. The Bertz CT molecular complexity index is 604. The number of carboxylic acid groups (broad SMARTS) is 1. The molecule has 1 aliphatic rings. The Kier molecular flexibility index (Phi) is 3.12. The zero-order chi connectivity index (χ0) is 13.4. The van der Waals surface area contributed by atoms with Gasteiger partial charge in [0.05, 0.1) is 5.69 Å². The monoisotopic (exact) mass is 277 g/mol. The molecule has 3 N–H and O–H groups in total. The van der Waals surface area contributed by atoms with Crippen LogP contribution in [0.5, 0.6) is 0 Å². The van der Waals surface area contributed by atoms with Gasteiger partial charge in [0.25, 0.3) is 0 Å². The summed E-state index contributed by atoms with van der Waals surface area (Å²) in [6.07, 6.45) is 2.47. The number of hydrogen-bond donors (Lipinski definition) is 2. The van der Waals surface area contributed by atoms with Gasteiger partial charge in [0.2, 0.25) is 0 Å². The molecular formula is C13H15N3O2S. The molecule has 0 fully saturated rings. The number of fused-ring (bicyclic) bond motifs is 1. The minimum Gasteiger partial charge on any atom is -0.476 e. The highest BCUT2D eigenvalue weighted by Crippen LogP contribution is 2.29. The van der Waals surface area contributed by atoms with E-state index >= 15 is 0 Å². The second-order valence-electron chi connectivity index (χ2n) is 4.72. The summed E-state index contributed by atoms with van der Waals surface area (Å²) in [5, 5.41) is 11.3. The van der Waals surface area contributed by atoms with Crippen LogP contribution in [-0.4, -0.2) is 20.6 Å². The molecule has 0 bridgehead atoms. The molecule has 2 aromatic rings. The van der Waals surface area contributed by atoms with E-state index in [1.807, 2.05) is 22.1 Å². The third-order valence-corrected chi connectivity index (χ3v) is 4.33. The number of nitrogens with two attached hydrogens (primary N) is 1. The molecule has 1 unspecified atom stereocenters. The van der Waals surface area contributed by atoms with Crippen molar-refractivity contribution < 1.29 is 9.90 Å². The molecule has 3 rings (SSSR count). The van der Waals surface area contributed by atoms with Crippen LogP contribution >= 0.6 is 11.3 Å². The van der Waals surface area contributed by atoms with Crippen LogP contribution in [0.15, 0.2) is 17.5 Å². The summed E-state index contributed by atoms with van der Waals surface area (Å²) in [5.74, 6) is -0.177. The normalized spacial score (nSPS) is 18.3. The van der Waals surface area contributed by atoms with E-state index in [2.05, 4.69) is 4.98 Å². The van der Waals surface area contributed by atoms with Crippen molar-refractivity contribution in [2.24, 2.45) is 5.73 Å². The third-order valence-electron chi connectivity index (χ3n) is 3.45. The Balaban J connectivity index is 2.05. The van der Waals surface area contributed by atoms with Crippen molar-refractivity contribution in [2.75, 3.05) is 0 Å². The van der Waals surface area contributed by atoms with Crippen molar-refractivity contribution in [3.8, 4) is 0 Å². The number of nitrogens with zero attached hydrogens (tertiary/aromatic N) is 2. The van der Waals surface area contributed by atoms with Crippen LogP contribution in [0.2, 0.25) is 0 Å². The molecule has 19 heavy (non-hydrogen) atoms. The van der Waals surface area contributed by atoms with Gasteiger partial charge in [0.1, 0.15) is 5.82 Å². The van der Waals surface area contributed by atoms with Crippen LogP contribution in [0, 0.1) is 0 Å². The third kappa shape index (κ3) is 2.17. The van der Waals surface area contributed by atoms with E-state index in [0.717, 1.165) is 25.2 Å². The van der Waals surface area contributed by atoms with Crippen LogP contribution in [0.3, 0.4) is 0 Å². The lowest BCUT2D eigenvalue weighted by Gasteiger charge is -2.22. The first-order valence-electron chi connectivity index (χ1n) is 6.27. The van der Waals surface area contributed by atoms with E-state index < -0.39 is 5.97 Å². The molecule has 0 saturated heterocycles. The fourth-order valence-electron chi connectivity index (χ4n) is 2.61. The van der Waals surface area contributed by atoms with Gasteiger partial charge in [0.15, 0.2) is 5.69 Å². The Morgan fingerprint density at radius 2 is 2.47 bits per heavy atom. The summed E-state index contributed by atoms with van der Waals surface area (Å²) >= 11 is 1.65. The van der Waals surface area contributed by atoms with Gasteiger partial charge in [-0.1, -0.05) is 6.07 Å². The topological polar surface area (TPSA) is 81.1 Å². The molecule has 0 saturated carbocycles. The molecule has 0 aliphatic carbocycles. The van der Waals surface area contributed by atoms with Crippen LogP contribution < -0.4 is 5.73 Å². The number of thiophene rings is 1. The molecule has 0 spiro atoms. The number of rotatable bonds is 3. The smallest absolute Gasteiger partial charge is 0.356 e. The van der Waals surface area contributed by atoms with E-state index in [9.17, 15) is 9.90 Å². The van der Waals surface area contributed by atoms with Gasteiger partial charge in [-0.3, -0.25) is 0 Å². The van der Waals surface area contributed by atoms with E-state index in [1.165, 1.54) is 4.88 Å². The van der Waals surface area contributed by atoms with E-state index in [-0.39, 0.29) is 11.7 Å². The number of hydrogen-bond acceptors (Lipinski definition) is 4. The SMILES string of the molecule is NC1CCCn2c(Cc3cccs3)nc(C(=O)O)c21. The van der Waals surface area contributed by atoms with Crippen molar-refractivity contribution in [3.63, 3.8) is 0 Å². The molecule has 0 aromatic carbocycles. The fourth-order valence-corrected chi connectivity index (χ4v) is 3.31. The molecule has 3 heterocycles. The lowest BCUT2D eigenvalue weighted by Crippen LogP contribution is -2.24. The summed E-state index contributed by atoms with van der Waals surface area (Å²) in [6.45, 7) is 0.810. The van der Waals surface area contributed by atoms with E-state index in [4.69, 9.17) is 5.73 Å². The van der Waals surface area contributed by atoms with E-state index in [0.29, 0.717) is 12.1 Å². The standard InChI is InChI=1S/C13H15N3O2S/c14-9-4-1-5-16-10(7-8-3-2-6-19-8)15-11(12(9)16)13(17)18/h2-3,6,9H,1,4-5,7,14H2,(H,17,18). The Morgan fingerprint density at radius 1 is 1.63 bits per heavy atom. The molecule has 1 aliphatic heterocycles. The second kappa shape index (κ2) is 4.79. The van der Waals surface area contributed by atoms with Gasteiger partial charge in [0, 0.05) is 23.9 Å². The van der Waals surface area contributed by atoms with Gasteiger partial charge >= 0.3 is 5.97 Å². The summed E-state index contributed by atoms with van der Waals surface area (Å²) < 4.78 is 2.00. The number of carboxylic acids is 1. The van der Waals surface area contributed by atoms with Crippen LogP contribution in [-0.2, 0) is 13.0 Å². The van der Waals surface area contributed by atoms with Crippen LogP contribution in [0.4, 0.5) is 0 Å². The Hall–Kier alpha value is -1.66. The number of carbonyl (C=O) groups is 1. The molecule has 6 heteroatoms. The first-order chi connectivity index (χ1) is 9.16. The summed E-state index contributed by atoms with van der Waals surface area (Å²) in [5.41, 5.74) is 6.86. The molecule has 100 valence electrons. The zero-order valence-electron chi connectivity index (χ0n) is 10.4. The molecule has 2 aromatic heterocycles. The van der Waals surface area contributed by atoms with Crippen molar-refractivity contribution in [2.45, 2.75) is 31.8 Å². The van der Waals surface area contributed by atoms with Crippen molar-refractivity contribution in [1.29, 1.82) is 0 Å². The maximum atomic E-state index is 11.3. The molecule has 0 amide bonds. The average molecular weight is 277 g/mol. The number of aromatic nitrogens is 2. The van der Waals surface area contributed by atoms with Crippen molar-refractivity contribution in [3.05, 3.63) is 39.6 Å². The predicted molar refractivity (Wildman–Crippen MR) is 72.5 cm³/mol. The first-order valence-corrected chi connectivity index (χ1v) is 7.15. The highest BCUT2D eigenvalue weighted by Gasteiger charge is 2.28. The Morgan fingerprint density at radius 3 is 3.16 bits per heavy atom. The summed E-state index contributed by atoms with van der Waals surface area (Å²) in [4.78, 5) is 16.8. The molecule has 1 atom stereocenters. The number of imidazole rings is 1. The zero-order valence-corrected chi connectivity index (χ0v) is 11.2. The number of aromatic carboxylic acids is 1. The van der Waals surface area contributed by atoms with Crippen molar-refractivity contribution in [1.82, 2.24) is 9.55 Å². The van der Waals surface area contributed by atoms with Crippen LogP contribution in [0.25, 0.3) is 0 Å². The lowest BCUT2D eigenvalue weighted by atomic mass is 10.0. The van der Waals surface area contributed by atoms with Crippen LogP contribution in [0.1, 0.15) is 45.8 Å². The summed E-state index contributed by atoms with van der Waals surface area (Å²) in [7, 11) is 0. The predicted octanol–water partition coefficient (Wildman–Crippen LogP) is 2.03. The van der Waals surface area contributed by atoms with Gasteiger partial charge in [-0.2, -0.15) is 0 Å². The lowest BCUT2D eigenvalue weighted by molar-refractivity contribution is 0.0688. The fraction of sp³-hybridized carbons (Fsp3) is 0.385.